The Morgan fingerprint density at radius 3 is 2.43 bits per heavy atom. The van der Waals surface area contributed by atoms with Crippen LogP contribution in [0.4, 0.5) is 5.69 Å². The zero-order valence-corrected chi connectivity index (χ0v) is 7.34. The summed E-state index contributed by atoms with van der Waals surface area (Å²) in [5.41, 5.74) is 6.15. The Morgan fingerprint density at radius 2 is 2.00 bits per heavy atom. The standard InChI is InChI=1S/C9H9N2O3/c10-8(6-12)5-7-1-3-9(4-2-7)11(13)14/h1-4,8H,5,10H2. The highest BCUT2D eigenvalue weighted by atomic mass is 16.6. The van der Waals surface area contributed by atoms with Crippen molar-refractivity contribution in [2.24, 2.45) is 5.73 Å². The fourth-order valence-electron chi connectivity index (χ4n) is 1.05. The zero-order valence-electron chi connectivity index (χ0n) is 7.34. The fourth-order valence-corrected chi connectivity index (χ4v) is 1.05. The first kappa shape index (κ1) is 10.3. The van der Waals surface area contributed by atoms with Gasteiger partial charge in [-0.1, -0.05) is 12.1 Å². The van der Waals surface area contributed by atoms with Gasteiger partial charge in [-0.05, 0) is 12.0 Å². The maximum absolute atomic E-state index is 10.3. The maximum atomic E-state index is 10.3. The third kappa shape index (κ3) is 2.63. The Morgan fingerprint density at radius 1 is 1.43 bits per heavy atom. The maximum Gasteiger partial charge on any atom is 0.269 e. The minimum Gasteiger partial charge on any atom is -0.321 e. The minimum absolute atomic E-state index is 0.0254. The lowest BCUT2D eigenvalue weighted by atomic mass is 10.1. The molecule has 5 nitrogen and oxygen atoms in total. The van der Waals surface area contributed by atoms with E-state index in [4.69, 9.17) is 5.73 Å². The van der Waals surface area contributed by atoms with Gasteiger partial charge in [-0.3, -0.25) is 14.9 Å². The molecule has 14 heavy (non-hydrogen) atoms. The molecular weight excluding hydrogens is 184 g/mol. The number of nitrogens with two attached hydrogens (primary N) is 1. The van der Waals surface area contributed by atoms with Crippen molar-refractivity contribution in [1.29, 1.82) is 0 Å². The van der Waals surface area contributed by atoms with Gasteiger partial charge in [0.25, 0.3) is 5.69 Å². The van der Waals surface area contributed by atoms with Gasteiger partial charge in [-0.2, -0.15) is 0 Å². The molecule has 0 bridgehead atoms. The van der Waals surface area contributed by atoms with Crippen LogP contribution in [0.1, 0.15) is 5.56 Å². The van der Waals surface area contributed by atoms with E-state index < -0.39 is 11.0 Å². The second-order valence-corrected chi connectivity index (χ2v) is 2.85. The predicted molar refractivity (Wildman–Crippen MR) is 50.5 cm³/mol. The number of hydrogen-bond acceptors (Lipinski definition) is 4. The number of rotatable bonds is 4. The molecule has 0 aliphatic rings. The van der Waals surface area contributed by atoms with E-state index >= 15 is 0 Å². The van der Waals surface area contributed by atoms with Crippen molar-refractivity contribution in [3.05, 3.63) is 39.9 Å². The molecule has 0 saturated carbocycles. The summed E-state index contributed by atoms with van der Waals surface area (Å²) in [4.78, 5) is 20.0. The molecule has 0 saturated heterocycles. The van der Waals surface area contributed by atoms with E-state index in [-0.39, 0.29) is 5.69 Å². The Bertz CT molecular complexity index is 334. The summed E-state index contributed by atoms with van der Waals surface area (Å²) in [6, 6.07) is 5.25. The molecule has 1 aromatic rings. The van der Waals surface area contributed by atoms with E-state index in [0.717, 1.165) is 5.56 Å². The van der Waals surface area contributed by atoms with Crippen LogP contribution in [0.25, 0.3) is 0 Å². The number of nitro benzene ring substituents is 1. The molecule has 0 aromatic heterocycles. The summed E-state index contributed by atoms with van der Waals surface area (Å²) in [5.74, 6) is 0. The highest BCUT2D eigenvalue weighted by molar-refractivity contribution is 5.58. The van der Waals surface area contributed by atoms with Gasteiger partial charge >= 0.3 is 0 Å². The molecule has 2 N–H and O–H groups in total. The van der Waals surface area contributed by atoms with E-state index in [2.05, 4.69) is 0 Å². The molecular formula is C9H9N2O3. The van der Waals surface area contributed by atoms with E-state index in [9.17, 15) is 14.9 Å². The largest absolute Gasteiger partial charge is 0.321 e. The van der Waals surface area contributed by atoms with Crippen molar-refractivity contribution >= 4 is 12.0 Å². The third-order valence-electron chi connectivity index (χ3n) is 1.75. The predicted octanol–water partition coefficient (Wildman–Crippen LogP) is 0.574. The minimum atomic E-state index is -0.670. The molecule has 1 atom stereocenters. The molecule has 0 aliphatic carbocycles. The van der Waals surface area contributed by atoms with Gasteiger partial charge in [-0.15, -0.1) is 0 Å². The molecule has 1 unspecified atom stereocenters. The van der Waals surface area contributed by atoms with Crippen molar-refractivity contribution in [3.63, 3.8) is 0 Å². The van der Waals surface area contributed by atoms with Gasteiger partial charge in [-0.25, -0.2) is 0 Å². The van der Waals surface area contributed by atoms with Crippen molar-refractivity contribution in [1.82, 2.24) is 0 Å². The normalized spacial score (nSPS) is 12.1. The number of hydrogen-bond donors (Lipinski definition) is 1. The first-order valence-corrected chi connectivity index (χ1v) is 4.00. The molecule has 73 valence electrons. The second-order valence-electron chi connectivity index (χ2n) is 2.85. The second kappa shape index (κ2) is 4.48. The van der Waals surface area contributed by atoms with Crippen LogP contribution in [0.15, 0.2) is 24.3 Å². The Balaban J connectivity index is 2.73. The fraction of sp³-hybridized carbons (Fsp3) is 0.222. The van der Waals surface area contributed by atoms with Crippen LogP contribution in [-0.4, -0.2) is 17.3 Å². The average Bonchev–Trinajstić information content (AvgIpc) is 2.18. The molecule has 1 radical (unpaired) electrons. The van der Waals surface area contributed by atoms with E-state index in [0.29, 0.717) is 6.42 Å². The van der Waals surface area contributed by atoms with E-state index in [1.807, 2.05) is 0 Å². The van der Waals surface area contributed by atoms with Gasteiger partial charge < -0.3 is 5.73 Å². The van der Waals surface area contributed by atoms with Crippen LogP contribution < -0.4 is 5.73 Å². The SMILES string of the molecule is NC([C]=O)Cc1ccc([N+](=O)[O-])cc1. The lowest BCUT2D eigenvalue weighted by Crippen LogP contribution is -2.23. The van der Waals surface area contributed by atoms with Crippen LogP contribution in [0, 0.1) is 10.1 Å². The summed E-state index contributed by atoms with van der Waals surface area (Å²) in [6.07, 6.45) is 1.99. The average molecular weight is 193 g/mol. The molecule has 0 fully saturated rings. The number of non-ortho nitro benzene ring substituents is 1. The smallest absolute Gasteiger partial charge is 0.269 e. The quantitative estimate of drug-likeness (QED) is 0.559. The van der Waals surface area contributed by atoms with Gasteiger partial charge in [0.1, 0.15) is 0 Å². The first-order valence-electron chi connectivity index (χ1n) is 4.00. The molecule has 5 heteroatoms. The van der Waals surface area contributed by atoms with Crippen LogP contribution in [0.5, 0.6) is 0 Å². The molecule has 0 heterocycles. The van der Waals surface area contributed by atoms with Gasteiger partial charge in [0.15, 0.2) is 0 Å². The van der Waals surface area contributed by atoms with Crippen LogP contribution >= 0.6 is 0 Å². The zero-order chi connectivity index (χ0) is 10.6. The summed E-state index contributed by atoms with van der Waals surface area (Å²) in [6.45, 7) is 0. The summed E-state index contributed by atoms with van der Waals surface area (Å²) < 4.78 is 0. The summed E-state index contributed by atoms with van der Waals surface area (Å²) in [7, 11) is 0. The first-order chi connectivity index (χ1) is 6.63. The van der Waals surface area contributed by atoms with E-state index in [1.54, 1.807) is 18.4 Å². The topological polar surface area (TPSA) is 86.2 Å². The van der Waals surface area contributed by atoms with Crippen LogP contribution in [0.2, 0.25) is 0 Å². The van der Waals surface area contributed by atoms with Crippen molar-refractivity contribution in [3.8, 4) is 0 Å². The Kier molecular flexibility index (Phi) is 3.30. The van der Waals surface area contributed by atoms with Gasteiger partial charge in [0, 0.05) is 12.1 Å². The highest BCUT2D eigenvalue weighted by Gasteiger charge is 2.06. The molecule has 1 rings (SSSR count). The lowest BCUT2D eigenvalue weighted by molar-refractivity contribution is -0.384. The summed E-state index contributed by atoms with van der Waals surface area (Å²) >= 11 is 0. The van der Waals surface area contributed by atoms with Crippen molar-refractivity contribution in [2.45, 2.75) is 12.5 Å². The van der Waals surface area contributed by atoms with E-state index in [1.165, 1.54) is 12.1 Å². The van der Waals surface area contributed by atoms with Gasteiger partial charge in [0.2, 0.25) is 6.29 Å². The Hall–Kier alpha value is -1.75. The molecule has 1 aromatic carbocycles. The molecule has 0 aliphatic heterocycles. The third-order valence-corrected chi connectivity index (χ3v) is 1.75. The number of carbonyl (C=O) groups excluding carboxylic acids is 1. The van der Waals surface area contributed by atoms with Crippen LogP contribution in [0.3, 0.4) is 0 Å². The lowest BCUT2D eigenvalue weighted by Gasteiger charge is -2.02. The van der Waals surface area contributed by atoms with Crippen molar-refractivity contribution in [2.75, 3.05) is 0 Å². The molecule has 0 amide bonds. The molecule has 0 spiro atoms. The van der Waals surface area contributed by atoms with Crippen LogP contribution in [-0.2, 0) is 11.2 Å². The highest BCUT2D eigenvalue weighted by Crippen LogP contribution is 2.12. The number of nitro groups is 1. The number of benzene rings is 1. The van der Waals surface area contributed by atoms with Gasteiger partial charge in [0.05, 0.1) is 11.0 Å². The summed E-state index contributed by atoms with van der Waals surface area (Å²) in [5, 5.41) is 10.3. The monoisotopic (exact) mass is 193 g/mol. The Labute approximate surface area is 80.7 Å². The number of nitrogens with zero attached hydrogens (tertiary/aromatic N) is 1. The van der Waals surface area contributed by atoms with Crippen molar-refractivity contribution < 1.29 is 9.72 Å².